The molecule has 0 aliphatic carbocycles. The number of nitrogens with zero attached hydrogens (tertiary/aromatic N) is 3. The maximum atomic E-state index is 12.0. The number of carbonyl (C=O) groups excluding carboxylic acids is 1. The highest BCUT2D eigenvalue weighted by atomic mass is 16.3. The third-order valence-electron chi connectivity index (χ3n) is 3.26. The zero-order valence-electron chi connectivity index (χ0n) is 10.5. The Morgan fingerprint density at radius 3 is 2.95 bits per heavy atom. The normalized spacial score (nSPS) is 16.8. The molecule has 0 atom stereocenters. The van der Waals surface area contributed by atoms with Crippen molar-refractivity contribution in [3.8, 4) is 11.8 Å². The topological polar surface area (TPSA) is 89.3 Å². The number of hydrogen-bond donors (Lipinski definition) is 2. The molecule has 1 amide bonds. The summed E-state index contributed by atoms with van der Waals surface area (Å²) in [5, 5.41) is 21.1. The van der Waals surface area contributed by atoms with Crippen LogP contribution in [-0.2, 0) is 0 Å². The van der Waals surface area contributed by atoms with Crippen molar-refractivity contribution >= 4 is 5.91 Å². The van der Waals surface area contributed by atoms with E-state index in [2.05, 4.69) is 21.3 Å². The predicted molar refractivity (Wildman–Crippen MR) is 68.4 cm³/mol. The molecule has 1 aromatic rings. The van der Waals surface area contributed by atoms with Gasteiger partial charge < -0.3 is 10.4 Å². The molecule has 1 fully saturated rings. The third-order valence-corrected chi connectivity index (χ3v) is 3.26. The molecular weight excluding hydrogens is 244 g/mol. The molecule has 6 nitrogen and oxygen atoms in total. The molecule has 0 radical (unpaired) electrons. The van der Waals surface area contributed by atoms with Crippen LogP contribution in [0.15, 0.2) is 18.5 Å². The van der Waals surface area contributed by atoms with Gasteiger partial charge in [-0.05, 0) is 18.9 Å². The first-order valence-corrected chi connectivity index (χ1v) is 6.24. The standard InChI is InChI=1S/C13H16N4O2/c14-4-8-17-6-2-10(3-7-17)16-13(19)11-1-5-15-9-12(11)18/h1,5,9-10,18H,2-3,6-8H2,(H,16,19). The zero-order valence-corrected chi connectivity index (χ0v) is 10.5. The molecule has 2 heterocycles. The molecule has 0 aromatic carbocycles. The van der Waals surface area contributed by atoms with E-state index in [1.165, 1.54) is 18.5 Å². The molecule has 1 saturated heterocycles. The van der Waals surface area contributed by atoms with Crippen LogP contribution >= 0.6 is 0 Å². The number of nitrogens with one attached hydrogen (secondary N) is 1. The van der Waals surface area contributed by atoms with Gasteiger partial charge in [0, 0.05) is 25.3 Å². The van der Waals surface area contributed by atoms with E-state index in [0.29, 0.717) is 6.54 Å². The molecule has 2 N–H and O–H groups in total. The first kappa shape index (κ1) is 13.3. The minimum Gasteiger partial charge on any atom is -0.505 e. The fourth-order valence-electron chi connectivity index (χ4n) is 2.18. The van der Waals surface area contributed by atoms with E-state index in [-0.39, 0.29) is 23.3 Å². The lowest BCUT2D eigenvalue weighted by Gasteiger charge is -2.30. The Morgan fingerprint density at radius 2 is 2.32 bits per heavy atom. The number of nitriles is 1. The predicted octanol–water partition coefficient (Wildman–Crippen LogP) is 0.505. The van der Waals surface area contributed by atoms with Crippen LogP contribution in [0.2, 0.25) is 0 Å². The lowest BCUT2D eigenvalue weighted by molar-refractivity contribution is 0.0911. The van der Waals surface area contributed by atoms with E-state index in [9.17, 15) is 9.90 Å². The molecule has 19 heavy (non-hydrogen) atoms. The zero-order chi connectivity index (χ0) is 13.7. The largest absolute Gasteiger partial charge is 0.505 e. The maximum Gasteiger partial charge on any atom is 0.255 e. The van der Waals surface area contributed by atoms with E-state index >= 15 is 0 Å². The Morgan fingerprint density at radius 1 is 1.58 bits per heavy atom. The van der Waals surface area contributed by atoms with E-state index in [1.807, 2.05) is 0 Å². The van der Waals surface area contributed by atoms with Gasteiger partial charge in [0.1, 0.15) is 5.75 Å². The summed E-state index contributed by atoms with van der Waals surface area (Å²) < 4.78 is 0. The number of hydrogen-bond acceptors (Lipinski definition) is 5. The molecule has 1 aromatic heterocycles. The molecule has 6 heteroatoms. The summed E-state index contributed by atoms with van der Waals surface area (Å²) in [7, 11) is 0. The summed E-state index contributed by atoms with van der Waals surface area (Å²) in [5.41, 5.74) is 0.245. The van der Waals surface area contributed by atoms with Gasteiger partial charge in [0.05, 0.1) is 24.4 Å². The van der Waals surface area contributed by atoms with Crippen molar-refractivity contribution in [3.63, 3.8) is 0 Å². The summed E-state index contributed by atoms with van der Waals surface area (Å²) in [5.74, 6) is -0.388. The van der Waals surface area contributed by atoms with Crippen LogP contribution in [-0.4, -0.2) is 46.6 Å². The fourth-order valence-corrected chi connectivity index (χ4v) is 2.18. The minimum atomic E-state index is -0.279. The first-order valence-electron chi connectivity index (χ1n) is 6.24. The number of piperidine rings is 1. The Bertz CT molecular complexity index is 490. The van der Waals surface area contributed by atoms with E-state index in [1.54, 1.807) is 0 Å². The summed E-state index contributed by atoms with van der Waals surface area (Å²) in [6, 6.07) is 3.71. The monoisotopic (exact) mass is 260 g/mol. The molecule has 0 saturated carbocycles. The Labute approximate surface area is 111 Å². The van der Waals surface area contributed by atoms with Gasteiger partial charge in [0.2, 0.25) is 0 Å². The number of amides is 1. The molecular formula is C13H16N4O2. The van der Waals surface area contributed by atoms with Gasteiger partial charge in [-0.15, -0.1) is 0 Å². The molecule has 0 spiro atoms. The number of carbonyl (C=O) groups is 1. The van der Waals surface area contributed by atoms with Gasteiger partial charge in [-0.1, -0.05) is 0 Å². The van der Waals surface area contributed by atoms with Crippen LogP contribution in [0.3, 0.4) is 0 Å². The average Bonchev–Trinajstić information content (AvgIpc) is 2.42. The van der Waals surface area contributed by atoms with Crippen LogP contribution in [0, 0.1) is 11.3 Å². The van der Waals surface area contributed by atoms with Crippen molar-refractivity contribution in [2.24, 2.45) is 0 Å². The smallest absolute Gasteiger partial charge is 0.255 e. The second-order valence-electron chi connectivity index (χ2n) is 4.57. The van der Waals surface area contributed by atoms with Crippen molar-refractivity contribution in [1.82, 2.24) is 15.2 Å². The Kier molecular flexibility index (Phi) is 4.31. The van der Waals surface area contributed by atoms with Crippen molar-refractivity contribution in [2.45, 2.75) is 18.9 Å². The summed E-state index contributed by atoms with van der Waals surface area (Å²) in [4.78, 5) is 17.8. The van der Waals surface area contributed by atoms with Gasteiger partial charge in [0.25, 0.3) is 5.91 Å². The third kappa shape index (κ3) is 3.42. The first-order chi connectivity index (χ1) is 9.20. The highest BCUT2D eigenvalue weighted by Gasteiger charge is 2.21. The van der Waals surface area contributed by atoms with Gasteiger partial charge in [0.15, 0.2) is 0 Å². The summed E-state index contributed by atoms with van der Waals surface area (Å²) in [6.45, 7) is 2.05. The second kappa shape index (κ2) is 6.16. The van der Waals surface area contributed by atoms with Crippen molar-refractivity contribution < 1.29 is 9.90 Å². The maximum absolute atomic E-state index is 12.0. The Balaban J connectivity index is 1.88. The van der Waals surface area contributed by atoms with Crippen LogP contribution < -0.4 is 5.32 Å². The quantitative estimate of drug-likeness (QED) is 0.773. The molecule has 0 unspecified atom stereocenters. The number of likely N-dealkylation sites (tertiary alicyclic amines) is 1. The second-order valence-corrected chi connectivity index (χ2v) is 4.57. The molecule has 1 aliphatic heterocycles. The molecule has 100 valence electrons. The van der Waals surface area contributed by atoms with Gasteiger partial charge in [-0.3, -0.25) is 14.7 Å². The SMILES string of the molecule is N#CCN1CCC(NC(=O)c2ccncc2O)CC1. The number of rotatable bonds is 3. The number of pyridine rings is 1. The van der Waals surface area contributed by atoms with Crippen molar-refractivity contribution in [2.75, 3.05) is 19.6 Å². The fraction of sp³-hybridized carbons (Fsp3) is 0.462. The van der Waals surface area contributed by atoms with Gasteiger partial charge in [-0.2, -0.15) is 5.26 Å². The highest BCUT2D eigenvalue weighted by Crippen LogP contribution is 2.15. The van der Waals surface area contributed by atoms with Crippen LogP contribution in [0.25, 0.3) is 0 Å². The number of aromatic hydroxyl groups is 1. The van der Waals surface area contributed by atoms with Gasteiger partial charge in [-0.25, -0.2) is 0 Å². The lowest BCUT2D eigenvalue weighted by Crippen LogP contribution is -2.44. The summed E-state index contributed by atoms with van der Waals surface area (Å²) in [6.07, 6.45) is 4.37. The molecule has 0 bridgehead atoms. The van der Waals surface area contributed by atoms with Crippen molar-refractivity contribution in [3.05, 3.63) is 24.0 Å². The molecule has 2 rings (SSSR count). The summed E-state index contributed by atoms with van der Waals surface area (Å²) >= 11 is 0. The van der Waals surface area contributed by atoms with Crippen molar-refractivity contribution in [1.29, 1.82) is 5.26 Å². The highest BCUT2D eigenvalue weighted by molar-refractivity contribution is 5.96. The number of aromatic nitrogens is 1. The minimum absolute atomic E-state index is 0.0926. The van der Waals surface area contributed by atoms with E-state index in [4.69, 9.17) is 5.26 Å². The Hall–Kier alpha value is -2.13. The van der Waals surface area contributed by atoms with Gasteiger partial charge >= 0.3 is 0 Å². The van der Waals surface area contributed by atoms with Crippen LogP contribution in [0.4, 0.5) is 0 Å². The molecule has 1 aliphatic rings. The van der Waals surface area contributed by atoms with E-state index in [0.717, 1.165) is 25.9 Å². The van der Waals surface area contributed by atoms with E-state index < -0.39 is 0 Å². The lowest BCUT2D eigenvalue weighted by atomic mass is 10.0. The van der Waals surface area contributed by atoms with Crippen LogP contribution in [0.5, 0.6) is 5.75 Å². The average molecular weight is 260 g/mol. The van der Waals surface area contributed by atoms with Crippen LogP contribution in [0.1, 0.15) is 23.2 Å².